The van der Waals surface area contributed by atoms with Crippen LogP contribution in [0.5, 0.6) is 5.88 Å². The summed E-state index contributed by atoms with van der Waals surface area (Å²) in [5.41, 5.74) is 1.58. The quantitative estimate of drug-likeness (QED) is 0.705. The van der Waals surface area contributed by atoms with Gasteiger partial charge in [0.1, 0.15) is 5.15 Å². The van der Waals surface area contributed by atoms with Crippen molar-refractivity contribution in [1.82, 2.24) is 4.98 Å². The third-order valence-electron chi connectivity index (χ3n) is 2.22. The highest BCUT2D eigenvalue weighted by molar-refractivity contribution is 6.29. The van der Waals surface area contributed by atoms with E-state index in [2.05, 4.69) is 4.98 Å². The van der Waals surface area contributed by atoms with Crippen LogP contribution in [-0.2, 0) is 6.42 Å². The van der Waals surface area contributed by atoms with Crippen molar-refractivity contribution in [2.75, 3.05) is 6.61 Å². The van der Waals surface area contributed by atoms with Crippen LogP contribution in [0.3, 0.4) is 0 Å². The zero-order valence-corrected chi connectivity index (χ0v) is 8.60. The van der Waals surface area contributed by atoms with Gasteiger partial charge in [0.25, 0.3) is 0 Å². The summed E-state index contributed by atoms with van der Waals surface area (Å²) in [5, 5.41) is 0.391. The van der Waals surface area contributed by atoms with E-state index in [0.29, 0.717) is 29.6 Å². The average molecular weight is 212 g/mol. The number of rotatable bonds is 2. The molecule has 1 heterocycles. The maximum atomic E-state index is 11.5. The molecule has 74 valence electrons. The topological polar surface area (TPSA) is 39.2 Å². The fourth-order valence-corrected chi connectivity index (χ4v) is 1.86. The molecule has 0 radical (unpaired) electrons. The Hall–Kier alpha value is -1.09. The summed E-state index contributed by atoms with van der Waals surface area (Å²) < 4.78 is 5.28. The van der Waals surface area contributed by atoms with Gasteiger partial charge in [0.05, 0.1) is 12.2 Å². The van der Waals surface area contributed by atoms with Crippen LogP contribution in [0.15, 0.2) is 6.07 Å². The highest BCUT2D eigenvalue weighted by Crippen LogP contribution is 2.31. The molecule has 2 rings (SSSR count). The lowest BCUT2D eigenvalue weighted by Crippen LogP contribution is -2.02. The van der Waals surface area contributed by atoms with Gasteiger partial charge >= 0.3 is 0 Å². The van der Waals surface area contributed by atoms with Crippen LogP contribution in [0.1, 0.15) is 29.3 Å². The molecule has 14 heavy (non-hydrogen) atoms. The normalized spacial score (nSPS) is 14.3. The van der Waals surface area contributed by atoms with Gasteiger partial charge in [0.15, 0.2) is 5.78 Å². The van der Waals surface area contributed by atoms with Gasteiger partial charge in [0.2, 0.25) is 5.88 Å². The summed E-state index contributed by atoms with van der Waals surface area (Å²) in [5.74, 6) is 0.491. The van der Waals surface area contributed by atoms with Gasteiger partial charge in [-0.2, -0.15) is 0 Å². The number of pyridine rings is 1. The summed E-state index contributed by atoms with van der Waals surface area (Å²) in [4.78, 5) is 15.5. The second-order valence-corrected chi connectivity index (χ2v) is 3.53. The van der Waals surface area contributed by atoms with Crippen LogP contribution >= 0.6 is 11.6 Å². The van der Waals surface area contributed by atoms with E-state index in [1.54, 1.807) is 6.07 Å². The minimum absolute atomic E-state index is 0.104. The molecule has 0 fully saturated rings. The highest BCUT2D eigenvalue weighted by atomic mass is 35.5. The van der Waals surface area contributed by atoms with Gasteiger partial charge in [-0.25, -0.2) is 4.98 Å². The smallest absolute Gasteiger partial charge is 0.226 e. The number of hydrogen-bond donors (Lipinski definition) is 0. The van der Waals surface area contributed by atoms with Crippen molar-refractivity contribution in [1.29, 1.82) is 0 Å². The SMILES string of the molecule is CCOc1nc(Cl)cc2c1C(=O)CC2. The Morgan fingerprint density at radius 1 is 1.57 bits per heavy atom. The van der Waals surface area contributed by atoms with Crippen molar-refractivity contribution in [3.05, 3.63) is 22.3 Å². The summed E-state index contributed by atoms with van der Waals surface area (Å²) in [6, 6.07) is 1.74. The average Bonchev–Trinajstić information content (AvgIpc) is 2.48. The lowest BCUT2D eigenvalue weighted by molar-refractivity contribution is 0.0990. The number of hydrogen-bond acceptors (Lipinski definition) is 3. The second-order valence-electron chi connectivity index (χ2n) is 3.14. The Morgan fingerprint density at radius 3 is 3.07 bits per heavy atom. The van der Waals surface area contributed by atoms with Crippen LogP contribution in [0.2, 0.25) is 5.15 Å². The maximum Gasteiger partial charge on any atom is 0.226 e. The van der Waals surface area contributed by atoms with E-state index < -0.39 is 0 Å². The van der Waals surface area contributed by atoms with Crippen molar-refractivity contribution >= 4 is 17.4 Å². The molecule has 0 spiro atoms. The van der Waals surface area contributed by atoms with Crippen LogP contribution < -0.4 is 4.74 Å². The van der Waals surface area contributed by atoms with E-state index in [4.69, 9.17) is 16.3 Å². The Balaban J connectivity index is 2.53. The standard InChI is InChI=1S/C10H10ClNO2/c1-2-14-10-9-6(3-4-7(9)13)5-8(11)12-10/h5H,2-4H2,1H3. The molecule has 1 aliphatic rings. The molecule has 0 atom stereocenters. The number of fused-ring (bicyclic) bond motifs is 1. The Labute approximate surface area is 87.0 Å². The Bertz CT molecular complexity index is 390. The monoisotopic (exact) mass is 211 g/mol. The number of halogens is 1. The largest absolute Gasteiger partial charge is 0.477 e. The number of Topliss-reactive ketones (excluding diaryl/α,β-unsaturated/α-hetero) is 1. The van der Waals surface area contributed by atoms with Gasteiger partial charge in [-0.1, -0.05) is 11.6 Å². The molecule has 0 aromatic carbocycles. The molecule has 0 unspecified atom stereocenters. The summed E-state index contributed by atoms with van der Waals surface area (Å²) in [6.07, 6.45) is 1.29. The molecular weight excluding hydrogens is 202 g/mol. The summed E-state index contributed by atoms with van der Waals surface area (Å²) in [6.45, 7) is 2.35. The summed E-state index contributed by atoms with van der Waals surface area (Å²) in [7, 11) is 0. The molecule has 0 amide bonds. The predicted molar refractivity (Wildman–Crippen MR) is 53.1 cm³/mol. The zero-order valence-electron chi connectivity index (χ0n) is 7.84. The Morgan fingerprint density at radius 2 is 2.36 bits per heavy atom. The number of nitrogens with zero attached hydrogens (tertiary/aromatic N) is 1. The molecular formula is C10H10ClNO2. The molecule has 4 heteroatoms. The van der Waals surface area contributed by atoms with Gasteiger partial charge in [-0.15, -0.1) is 0 Å². The minimum atomic E-state index is 0.104. The van der Waals surface area contributed by atoms with Crippen LogP contribution in [0, 0.1) is 0 Å². The van der Waals surface area contributed by atoms with E-state index in [-0.39, 0.29) is 5.78 Å². The van der Waals surface area contributed by atoms with Crippen molar-refractivity contribution < 1.29 is 9.53 Å². The number of aryl methyl sites for hydroxylation is 1. The van der Waals surface area contributed by atoms with Crippen molar-refractivity contribution in [2.45, 2.75) is 19.8 Å². The third kappa shape index (κ3) is 1.48. The first kappa shape index (κ1) is 9.46. The van der Waals surface area contributed by atoms with E-state index in [1.165, 1.54) is 0 Å². The van der Waals surface area contributed by atoms with Crippen molar-refractivity contribution in [2.24, 2.45) is 0 Å². The van der Waals surface area contributed by atoms with Crippen LogP contribution in [0.25, 0.3) is 0 Å². The molecule has 1 aromatic heterocycles. The molecule has 0 saturated heterocycles. The number of ether oxygens (including phenoxy) is 1. The molecule has 1 aromatic rings. The first-order valence-corrected chi connectivity index (χ1v) is 4.95. The zero-order chi connectivity index (χ0) is 10.1. The molecule has 1 aliphatic carbocycles. The number of carbonyl (C=O) groups excluding carboxylic acids is 1. The lowest BCUT2D eigenvalue weighted by Gasteiger charge is -2.07. The van der Waals surface area contributed by atoms with Gasteiger partial charge in [-0.3, -0.25) is 4.79 Å². The molecule has 0 N–H and O–H groups in total. The predicted octanol–water partition coefficient (Wildman–Crippen LogP) is 2.26. The fraction of sp³-hybridized carbons (Fsp3) is 0.400. The van der Waals surface area contributed by atoms with E-state index in [0.717, 1.165) is 12.0 Å². The van der Waals surface area contributed by atoms with Gasteiger partial charge in [-0.05, 0) is 25.0 Å². The highest BCUT2D eigenvalue weighted by Gasteiger charge is 2.25. The van der Waals surface area contributed by atoms with Gasteiger partial charge in [0, 0.05) is 6.42 Å². The molecule has 0 bridgehead atoms. The fourth-order valence-electron chi connectivity index (χ4n) is 1.65. The maximum absolute atomic E-state index is 11.5. The molecule has 0 saturated carbocycles. The van der Waals surface area contributed by atoms with Crippen LogP contribution in [-0.4, -0.2) is 17.4 Å². The van der Waals surface area contributed by atoms with E-state index in [1.807, 2.05) is 6.92 Å². The summed E-state index contributed by atoms with van der Waals surface area (Å²) >= 11 is 5.81. The Kier molecular flexibility index (Phi) is 2.42. The lowest BCUT2D eigenvalue weighted by atomic mass is 10.2. The van der Waals surface area contributed by atoms with Crippen LogP contribution in [0.4, 0.5) is 0 Å². The number of carbonyl (C=O) groups is 1. The number of ketones is 1. The molecule has 3 nitrogen and oxygen atoms in total. The van der Waals surface area contributed by atoms with E-state index >= 15 is 0 Å². The first-order chi connectivity index (χ1) is 6.72. The first-order valence-electron chi connectivity index (χ1n) is 4.57. The number of aromatic nitrogens is 1. The van der Waals surface area contributed by atoms with Crippen molar-refractivity contribution in [3.8, 4) is 5.88 Å². The third-order valence-corrected chi connectivity index (χ3v) is 2.41. The van der Waals surface area contributed by atoms with E-state index in [9.17, 15) is 4.79 Å². The second kappa shape index (κ2) is 3.58. The van der Waals surface area contributed by atoms with Crippen molar-refractivity contribution in [3.63, 3.8) is 0 Å². The molecule has 0 aliphatic heterocycles. The van der Waals surface area contributed by atoms with Gasteiger partial charge < -0.3 is 4.74 Å². The minimum Gasteiger partial charge on any atom is -0.477 e.